The van der Waals surface area contributed by atoms with Gasteiger partial charge in [-0.2, -0.15) is 0 Å². The highest BCUT2D eigenvalue weighted by molar-refractivity contribution is 5.76. The number of methoxy groups -OCH3 is 1. The maximum atomic E-state index is 5.84. The van der Waals surface area contributed by atoms with E-state index in [4.69, 9.17) is 9.47 Å². The standard InChI is InChI=1S/C26H35N3O2/c1-30-22-11-12-24-23(20-22)27-26(25-10-7-16-29(24)25)13-17-28(18-14-26)15-5-6-19-31-21-8-3-2-4-9-21/h2-4,8-9,11-12,20,25,27H,5-7,10,13-19H2,1H3. The Labute approximate surface area is 186 Å². The monoisotopic (exact) mass is 421 g/mol. The number of unbranched alkanes of at least 4 members (excludes halogenated alkanes) is 1. The lowest BCUT2D eigenvalue weighted by molar-refractivity contribution is 0.150. The molecular formula is C26H35N3O2. The van der Waals surface area contributed by atoms with Crippen LogP contribution >= 0.6 is 0 Å². The molecule has 3 heterocycles. The predicted molar refractivity (Wildman–Crippen MR) is 127 cm³/mol. The highest BCUT2D eigenvalue weighted by atomic mass is 16.5. The number of fused-ring (bicyclic) bond motifs is 4. The van der Waals surface area contributed by atoms with Gasteiger partial charge in [0.15, 0.2) is 0 Å². The van der Waals surface area contributed by atoms with E-state index in [9.17, 15) is 0 Å². The Morgan fingerprint density at radius 2 is 1.84 bits per heavy atom. The second kappa shape index (κ2) is 8.99. The van der Waals surface area contributed by atoms with Crippen molar-refractivity contribution in [3.8, 4) is 11.5 Å². The first-order valence-electron chi connectivity index (χ1n) is 11.9. The average Bonchev–Trinajstić information content (AvgIpc) is 3.32. The summed E-state index contributed by atoms with van der Waals surface area (Å²) < 4.78 is 11.3. The van der Waals surface area contributed by atoms with E-state index >= 15 is 0 Å². The Morgan fingerprint density at radius 3 is 2.65 bits per heavy atom. The summed E-state index contributed by atoms with van der Waals surface area (Å²) in [5.41, 5.74) is 2.81. The molecule has 3 aliphatic rings. The van der Waals surface area contributed by atoms with E-state index in [1.54, 1.807) is 7.11 Å². The van der Waals surface area contributed by atoms with Crippen molar-refractivity contribution in [2.24, 2.45) is 0 Å². The van der Waals surface area contributed by atoms with Gasteiger partial charge in [0.25, 0.3) is 0 Å². The van der Waals surface area contributed by atoms with Crippen LogP contribution in [0.15, 0.2) is 48.5 Å². The minimum atomic E-state index is 0.197. The maximum Gasteiger partial charge on any atom is 0.121 e. The van der Waals surface area contributed by atoms with Crippen LogP contribution in [0.2, 0.25) is 0 Å². The number of piperidine rings is 1. The normalized spacial score (nSPS) is 22.0. The van der Waals surface area contributed by atoms with Gasteiger partial charge in [-0.05, 0) is 69.3 Å². The molecule has 0 amide bonds. The van der Waals surface area contributed by atoms with Crippen LogP contribution < -0.4 is 19.7 Å². The lowest BCUT2D eigenvalue weighted by atomic mass is 9.77. The molecule has 0 aliphatic carbocycles. The van der Waals surface area contributed by atoms with Gasteiger partial charge in [0.05, 0.1) is 36.7 Å². The van der Waals surface area contributed by atoms with Crippen LogP contribution in [0, 0.1) is 0 Å². The molecule has 0 aromatic heterocycles. The summed E-state index contributed by atoms with van der Waals surface area (Å²) in [4.78, 5) is 5.32. The third kappa shape index (κ3) is 4.20. The van der Waals surface area contributed by atoms with E-state index in [1.165, 1.54) is 69.7 Å². The summed E-state index contributed by atoms with van der Waals surface area (Å²) >= 11 is 0. The molecule has 1 spiro atoms. The van der Waals surface area contributed by atoms with Gasteiger partial charge in [0.1, 0.15) is 11.5 Å². The van der Waals surface area contributed by atoms with Crippen molar-refractivity contribution in [1.82, 2.24) is 4.90 Å². The Kier molecular flexibility index (Phi) is 5.95. The summed E-state index contributed by atoms with van der Waals surface area (Å²) in [6.45, 7) is 5.51. The Balaban J connectivity index is 1.15. The molecule has 0 bridgehead atoms. The number of benzene rings is 2. The number of nitrogens with zero attached hydrogens (tertiary/aromatic N) is 2. The smallest absolute Gasteiger partial charge is 0.121 e. The minimum absolute atomic E-state index is 0.197. The van der Waals surface area contributed by atoms with Gasteiger partial charge >= 0.3 is 0 Å². The first-order valence-corrected chi connectivity index (χ1v) is 11.9. The quantitative estimate of drug-likeness (QED) is 0.651. The number of anilines is 2. The molecule has 2 saturated heterocycles. The molecule has 5 rings (SSSR count). The number of ether oxygens (including phenoxy) is 2. The van der Waals surface area contributed by atoms with Crippen LogP contribution in [0.5, 0.6) is 11.5 Å². The van der Waals surface area contributed by atoms with Gasteiger partial charge in [-0.15, -0.1) is 0 Å². The third-order valence-electron chi connectivity index (χ3n) is 7.42. The predicted octanol–water partition coefficient (Wildman–Crippen LogP) is 4.78. The van der Waals surface area contributed by atoms with Crippen LogP contribution in [0.3, 0.4) is 0 Å². The maximum absolute atomic E-state index is 5.84. The SMILES string of the molecule is COc1ccc2c(c1)NC1(CCN(CCCCOc3ccccc3)CC1)C1CCCN21. The van der Waals surface area contributed by atoms with Gasteiger partial charge in [-0.1, -0.05) is 18.2 Å². The zero-order chi connectivity index (χ0) is 21.1. The first kappa shape index (κ1) is 20.5. The van der Waals surface area contributed by atoms with Gasteiger partial charge in [-0.25, -0.2) is 0 Å². The van der Waals surface area contributed by atoms with Crippen LogP contribution in [-0.4, -0.2) is 56.4 Å². The first-order chi connectivity index (χ1) is 15.3. The van der Waals surface area contributed by atoms with E-state index in [2.05, 4.69) is 33.3 Å². The van der Waals surface area contributed by atoms with E-state index in [0.717, 1.165) is 24.5 Å². The fraction of sp³-hybridized carbons (Fsp3) is 0.538. The number of likely N-dealkylation sites (tertiary alicyclic amines) is 1. The van der Waals surface area contributed by atoms with Gasteiger partial charge < -0.3 is 24.6 Å². The fourth-order valence-electron chi connectivity index (χ4n) is 5.75. The van der Waals surface area contributed by atoms with Gasteiger partial charge in [-0.3, -0.25) is 0 Å². The molecule has 31 heavy (non-hydrogen) atoms. The molecular weight excluding hydrogens is 386 g/mol. The Morgan fingerprint density at radius 1 is 1.00 bits per heavy atom. The lowest BCUT2D eigenvalue weighted by Gasteiger charge is -2.53. The van der Waals surface area contributed by atoms with E-state index in [1.807, 2.05) is 30.3 Å². The van der Waals surface area contributed by atoms with Crippen molar-refractivity contribution in [2.75, 3.05) is 50.1 Å². The molecule has 1 atom stereocenters. The van der Waals surface area contributed by atoms with Crippen molar-refractivity contribution in [2.45, 2.75) is 50.1 Å². The number of nitrogens with one attached hydrogen (secondary N) is 1. The molecule has 0 saturated carbocycles. The minimum Gasteiger partial charge on any atom is -0.497 e. The molecule has 1 unspecified atom stereocenters. The Bertz CT molecular complexity index is 864. The number of rotatable bonds is 7. The molecule has 2 aromatic rings. The summed E-state index contributed by atoms with van der Waals surface area (Å²) in [6.07, 6.45) is 7.33. The molecule has 0 radical (unpaired) electrons. The fourth-order valence-corrected chi connectivity index (χ4v) is 5.75. The van der Waals surface area contributed by atoms with Gasteiger partial charge in [0, 0.05) is 25.7 Å². The lowest BCUT2D eigenvalue weighted by Crippen LogP contribution is -2.62. The number of hydrogen-bond acceptors (Lipinski definition) is 5. The van der Waals surface area contributed by atoms with Crippen LogP contribution in [0.1, 0.15) is 38.5 Å². The largest absolute Gasteiger partial charge is 0.497 e. The van der Waals surface area contributed by atoms with Crippen molar-refractivity contribution in [3.05, 3.63) is 48.5 Å². The summed E-state index contributed by atoms with van der Waals surface area (Å²) in [7, 11) is 1.75. The molecule has 3 aliphatic heterocycles. The number of para-hydroxylation sites is 1. The van der Waals surface area contributed by atoms with Crippen LogP contribution in [-0.2, 0) is 0 Å². The second-order valence-electron chi connectivity index (χ2n) is 9.23. The highest BCUT2D eigenvalue weighted by Crippen LogP contribution is 2.47. The molecule has 5 nitrogen and oxygen atoms in total. The van der Waals surface area contributed by atoms with Crippen molar-refractivity contribution >= 4 is 11.4 Å². The van der Waals surface area contributed by atoms with Gasteiger partial charge in [0.2, 0.25) is 0 Å². The van der Waals surface area contributed by atoms with Crippen molar-refractivity contribution in [1.29, 1.82) is 0 Å². The van der Waals surface area contributed by atoms with E-state index in [0.29, 0.717) is 6.04 Å². The van der Waals surface area contributed by atoms with Crippen LogP contribution in [0.25, 0.3) is 0 Å². The summed E-state index contributed by atoms with van der Waals surface area (Å²) in [5.74, 6) is 1.91. The van der Waals surface area contributed by atoms with Crippen molar-refractivity contribution < 1.29 is 9.47 Å². The van der Waals surface area contributed by atoms with E-state index in [-0.39, 0.29) is 5.54 Å². The van der Waals surface area contributed by atoms with Crippen LogP contribution in [0.4, 0.5) is 11.4 Å². The molecule has 1 N–H and O–H groups in total. The second-order valence-corrected chi connectivity index (χ2v) is 9.23. The zero-order valence-electron chi connectivity index (χ0n) is 18.7. The summed E-state index contributed by atoms with van der Waals surface area (Å²) in [6, 6.07) is 17.3. The third-order valence-corrected chi connectivity index (χ3v) is 7.42. The zero-order valence-corrected chi connectivity index (χ0v) is 18.7. The molecule has 2 fully saturated rings. The summed E-state index contributed by atoms with van der Waals surface area (Å²) in [5, 5.41) is 4.01. The Hall–Kier alpha value is -2.40. The molecule has 166 valence electrons. The van der Waals surface area contributed by atoms with E-state index < -0.39 is 0 Å². The highest BCUT2D eigenvalue weighted by Gasteiger charge is 2.49. The molecule has 2 aromatic carbocycles. The van der Waals surface area contributed by atoms with Crippen molar-refractivity contribution in [3.63, 3.8) is 0 Å². The average molecular weight is 422 g/mol. The topological polar surface area (TPSA) is 37.0 Å². The molecule has 5 heteroatoms. The number of hydrogen-bond donors (Lipinski definition) is 1.